The van der Waals surface area contributed by atoms with Crippen molar-refractivity contribution in [2.45, 2.75) is 45.1 Å². The van der Waals surface area contributed by atoms with Gasteiger partial charge in [-0.2, -0.15) is 0 Å². The lowest BCUT2D eigenvalue weighted by atomic mass is 9.74. The van der Waals surface area contributed by atoms with Gasteiger partial charge in [-0.15, -0.1) is 0 Å². The van der Waals surface area contributed by atoms with Crippen LogP contribution in [0.2, 0.25) is 0 Å². The Labute approximate surface area is 96.3 Å². The van der Waals surface area contributed by atoms with E-state index in [1.165, 1.54) is 12.1 Å². The Morgan fingerprint density at radius 1 is 1.44 bits per heavy atom. The summed E-state index contributed by atoms with van der Waals surface area (Å²) in [6, 6.07) is 4.70. The van der Waals surface area contributed by atoms with Crippen LogP contribution in [-0.2, 0) is 5.60 Å². The van der Waals surface area contributed by atoms with Crippen molar-refractivity contribution in [3.8, 4) is 0 Å². The van der Waals surface area contributed by atoms with Gasteiger partial charge >= 0.3 is 0 Å². The van der Waals surface area contributed by atoms with Crippen molar-refractivity contribution in [1.29, 1.82) is 0 Å². The van der Waals surface area contributed by atoms with Crippen molar-refractivity contribution in [2.24, 2.45) is 5.92 Å². The Kier molecular flexibility index (Phi) is 3.02. The van der Waals surface area contributed by atoms with Crippen molar-refractivity contribution in [2.75, 3.05) is 0 Å². The number of hydrogen-bond donors (Lipinski definition) is 1. The van der Waals surface area contributed by atoms with Gasteiger partial charge in [0.05, 0.1) is 5.60 Å². The molecule has 0 heterocycles. The van der Waals surface area contributed by atoms with Gasteiger partial charge in [-0.25, -0.2) is 4.39 Å². The number of aryl methyl sites for hydroxylation is 1. The maximum absolute atomic E-state index is 13.3. The number of halogens is 1. The quantitative estimate of drug-likeness (QED) is 0.770. The molecule has 1 aromatic rings. The Bertz CT molecular complexity index is 388. The maximum Gasteiger partial charge on any atom is 0.123 e. The smallest absolute Gasteiger partial charge is 0.123 e. The summed E-state index contributed by atoms with van der Waals surface area (Å²) in [5.74, 6) is 0.258. The van der Waals surface area contributed by atoms with Crippen molar-refractivity contribution >= 4 is 0 Å². The van der Waals surface area contributed by atoms with Crippen molar-refractivity contribution in [3.63, 3.8) is 0 Å². The molecule has 0 bridgehead atoms. The van der Waals surface area contributed by atoms with Gasteiger partial charge in [-0.1, -0.05) is 19.4 Å². The molecule has 0 aromatic heterocycles. The van der Waals surface area contributed by atoms with Gasteiger partial charge in [-0.3, -0.25) is 0 Å². The second-order valence-electron chi connectivity index (χ2n) is 5.19. The molecule has 2 rings (SSSR count). The second kappa shape index (κ2) is 4.17. The lowest BCUT2D eigenvalue weighted by molar-refractivity contribution is -0.0186. The third kappa shape index (κ3) is 2.12. The first-order valence-electron chi connectivity index (χ1n) is 6.00. The second-order valence-corrected chi connectivity index (χ2v) is 5.19. The van der Waals surface area contributed by atoms with E-state index in [0.717, 1.165) is 36.8 Å². The molecule has 1 fully saturated rings. The normalized spacial score (nSPS) is 30.4. The Morgan fingerprint density at radius 2 is 2.19 bits per heavy atom. The average Bonchev–Trinajstić information content (AvgIpc) is 2.21. The molecule has 1 aliphatic carbocycles. The van der Waals surface area contributed by atoms with Crippen LogP contribution in [0.15, 0.2) is 18.2 Å². The largest absolute Gasteiger partial charge is 0.385 e. The zero-order valence-electron chi connectivity index (χ0n) is 9.96. The van der Waals surface area contributed by atoms with E-state index in [2.05, 4.69) is 6.92 Å². The average molecular weight is 222 g/mol. The molecule has 0 spiro atoms. The van der Waals surface area contributed by atoms with Crippen LogP contribution in [0, 0.1) is 18.7 Å². The summed E-state index contributed by atoms with van der Waals surface area (Å²) in [5, 5.41) is 10.7. The first-order valence-corrected chi connectivity index (χ1v) is 6.00. The summed E-state index contributed by atoms with van der Waals surface area (Å²) < 4.78 is 13.3. The van der Waals surface area contributed by atoms with E-state index in [9.17, 15) is 9.50 Å². The number of hydrogen-bond acceptors (Lipinski definition) is 1. The highest BCUT2D eigenvalue weighted by Gasteiger charge is 2.35. The minimum atomic E-state index is -0.816. The molecule has 2 heteroatoms. The molecule has 16 heavy (non-hydrogen) atoms. The van der Waals surface area contributed by atoms with Crippen molar-refractivity contribution < 1.29 is 9.50 Å². The number of rotatable bonds is 1. The van der Waals surface area contributed by atoms with E-state index >= 15 is 0 Å². The predicted octanol–water partition coefficient (Wildman–Crippen LogP) is 3.53. The van der Waals surface area contributed by atoms with Gasteiger partial charge in [-0.05, 0) is 55.4 Å². The molecular weight excluding hydrogens is 203 g/mol. The zero-order valence-corrected chi connectivity index (χ0v) is 9.96. The van der Waals surface area contributed by atoms with Crippen LogP contribution in [0.5, 0.6) is 0 Å². The molecule has 1 saturated carbocycles. The minimum Gasteiger partial charge on any atom is -0.385 e. The topological polar surface area (TPSA) is 20.2 Å². The predicted molar refractivity (Wildman–Crippen MR) is 62.7 cm³/mol. The molecule has 0 aliphatic heterocycles. The van der Waals surface area contributed by atoms with Gasteiger partial charge in [0.15, 0.2) is 0 Å². The third-order valence-electron chi connectivity index (χ3n) is 3.67. The zero-order chi connectivity index (χ0) is 11.8. The van der Waals surface area contributed by atoms with Gasteiger partial charge < -0.3 is 5.11 Å². The summed E-state index contributed by atoms with van der Waals surface area (Å²) in [5.41, 5.74) is 0.946. The van der Waals surface area contributed by atoms with Gasteiger partial charge in [0, 0.05) is 0 Å². The van der Waals surface area contributed by atoms with Crippen LogP contribution in [0.3, 0.4) is 0 Å². The Hall–Kier alpha value is -0.890. The van der Waals surface area contributed by atoms with Crippen LogP contribution in [0.1, 0.15) is 43.7 Å². The lowest BCUT2D eigenvalue weighted by Gasteiger charge is -2.37. The fraction of sp³-hybridized carbons (Fsp3) is 0.571. The monoisotopic (exact) mass is 222 g/mol. The van der Waals surface area contributed by atoms with Crippen LogP contribution < -0.4 is 0 Å². The summed E-state index contributed by atoms with van der Waals surface area (Å²) in [4.78, 5) is 0. The Morgan fingerprint density at radius 3 is 2.88 bits per heavy atom. The molecule has 88 valence electrons. The van der Waals surface area contributed by atoms with Gasteiger partial charge in [0.25, 0.3) is 0 Å². The summed E-state index contributed by atoms with van der Waals surface area (Å²) >= 11 is 0. The van der Waals surface area contributed by atoms with Gasteiger partial charge in [0.1, 0.15) is 5.82 Å². The van der Waals surface area contributed by atoms with E-state index in [1.807, 2.05) is 6.92 Å². The summed E-state index contributed by atoms with van der Waals surface area (Å²) in [6.45, 7) is 4.09. The SMILES string of the molecule is Cc1ccc(F)cc1C1(O)CCCC(C)C1. The highest BCUT2D eigenvalue weighted by Crippen LogP contribution is 2.41. The first-order chi connectivity index (χ1) is 7.51. The highest BCUT2D eigenvalue weighted by atomic mass is 19.1. The summed E-state index contributed by atoms with van der Waals surface area (Å²) in [6.07, 6.45) is 3.68. The summed E-state index contributed by atoms with van der Waals surface area (Å²) in [7, 11) is 0. The molecular formula is C14H19FO. The first kappa shape index (κ1) is 11.6. The molecule has 2 unspecified atom stereocenters. The van der Waals surface area contributed by atoms with E-state index in [4.69, 9.17) is 0 Å². The van der Waals surface area contributed by atoms with Gasteiger partial charge in [0.2, 0.25) is 0 Å². The minimum absolute atomic E-state index is 0.257. The molecule has 1 aromatic carbocycles. The molecule has 0 radical (unpaired) electrons. The third-order valence-corrected chi connectivity index (χ3v) is 3.67. The van der Waals surface area contributed by atoms with Crippen LogP contribution in [-0.4, -0.2) is 5.11 Å². The maximum atomic E-state index is 13.3. The number of benzene rings is 1. The standard InChI is InChI=1S/C14H19FO/c1-10-4-3-7-14(16,9-10)13-8-12(15)6-5-11(13)2/h5-6,8,10,16H,3-4,7,9H2,1-2H3. The molecule has 2 atom stereocenters. The van der Waals surface area contributed by atoms with E-state index in [-0.39, 0.29) is 5.82 Å². The van der Waals surface area contributed by atoms with E-state index < -0.39 is 5.60 Å². The molecule has 1 nitrogen and oxygen atoms in total. The van der Waals surface area contributed by atoms with Crippen LogP contribution in [0.4, 0.5) is 4.39 Å². The lowest BCUT2D eigenvalue weighted by Crippen LogP contribution is -2.32. The Balaban J connectivity index is 2.37. The van der Waals surface area contributed by atoms with Crippen LogP contribution in [0.25, 0.3) is 0 Å². The molecule has 0 saturated heterocycles. The van der Waals surface area contributed by atoms with Crippen LogP contribution >= 0.6 is 0 Å². The number of aliphatic hydroxyl groups is 1. The molecule has 1 N–H and O–H groups in total. The van der Waals surface area contributed by atoms with E-state index in [0.29, 0.717) is 5.92 Å². The van der Waals surface area contributed by atoms with Crippen molar-refractivity contribution in [1.82, 2.24) is 0 Å². The molecule has 1 aliphatic rings. The fourth-order valence-corrected chi connectivity index (χ4v) is 2.86. The van der Waals surface area contributed by atoms with Crippen molar-refractivity contribution in [3.05, 3.63) is 35.1 Å². The van der Waals surface area contributed by atoms with E-state index in [1.54, 1.807) is 6.07 Å². The highest BCUT2D eigenvalue weighted by molar-refractivity contribution is 5.32. The molecule has 0 amide bonds. The fourth-order valence-electron chi connectivity index (χ4n) is 2.86.